The summed E-state index contributed by atoms with van der Waals surface area (Å²) < 4.78 is 38.0. The summed E-state index contributed by atoms with van der Waals surface area (Å²) in [5.74, 6) is 1.10. The van der Waals surface area contributed by atoms with Crippen LogP contribution in [-0.4, -0.2) is 45.4 Å². The Bertz CT molecular complexity index is 981. The normalized spacial score (nSPS) is 15.6. The van der Waals surface area contributed by atoms with Crippen molar-refractivity contribution in [1.29, 1.82) is 0 Å². The molecule has 162 valence electrons. The third-order valence-corrected chi connectivity index (χ3v) is 7.16. The molecule has 0 atom stereocenters. The van der Waals surface area contributed by atoms with Crippen molar-refractivity contribution in [3.63, 3.8) is 0 Å². The highest BCUT2D eigenvalue weighted by molar-refractivity contribution is 7.89. The van der Waals surface area contributed by atoms with Gasteiger partial charge in [0.2, 0.25) is 15.9 Å². The molecule has 8 heteroatoms. The highest BCUT2D eigenvalue weighted by Crippen LogP contribution is 2.28. The lowest BCUT2D eigenvalue weighted by molar-refractivity contribution is -0.120. The number of nitrogens with zero attached hydrogens (tertiary/aromatic N) is 1. The number of aryl methyl sites for hydroxylation is 1. The van der Waals surface area contributed by atoms with Crippen LogP contribution in [0.3, 0.4) is 0 Å². The second kappa shape index (κ2) is 9.49. The number of sulfonamides is 1. The van der Waals surface area contributed by atoms with E-state index in [0.29, 0.717) is 44.0 Å². The number of hydrogen-bond donors (Lipinski definition) is 1. The van der Waals surface area contributed by atoms with Gasteiger partial charge in [0.05, 0.1) is 18.6 Å². The van der Waals surface area contributed by atoms with Crippen molar-refractivity contribution in [3.05, 3.63) is 48.0 Å². The quantitative estimate of drug-likeness (QED) is 0.724. The average Bonchev–Trinajstić information content (AvgIpc) is 2.75. The first kappa shape index (κ1) is 22.1. The molecule has 0 bridgehead atoms. The fourth-order valence-electron chi connectivity index (χ4n) is 3.56. The Hall–Kier alpha value is -2.58. The molecule has 1 amide bonds. The predicted octanol–water partition coefficient (Wildman–Crippen LogP) is 3.44. The van der Waals surface area contributed by atoms with Crippen LogP contribution in [0.25, 0.3) is 0 Å². The third-order valence-electron chi connectivity index (χ3n) is 5.26. The van der Waals surface area contributed by atoms with Crippen LogP contribution in [-0.2, 0) is 14.8 Å². The van der Waals surface area contributed by atoms with E-state index < -0.39 is 10.0 Å². The van der Waals surface area contributed by atoms with Crippen molar-refractivity contribution in [3.8, 4) is 11.5 Å². The second-order valence-electron chi connectivity index (χ2n) is 7.26. The van der Waals surface area contributed by atoms with Gasteiger partial charge in [-0.1, -0.05) is 0 Å². The van der Waals surface area contributed by atoms with Gasteiger partial charge in [-0.2, -0.15) is 4.31 Å². The van der Waals surface area contributed by atoms with Crippen LogP contribution in [0.15, 0.2) is 47.4 Å². The molecule has 1 aliphatic rings. The average molecular weight is 433 g/mol. The molecule has 3 rings (SSSR count). The maximum Gasteiger partial charge on any atom is 0.243 e. The van der Waals surface area contributed by atoms with Crippen LogP contribution in [0.5, 0.6) is 11.5 Å². The molecule has 0 unspecified atom stereocenters. The Morgan fingerprint density at radius 3 is 2.37 bits per heavy atom. The van der Waals surface area contributed by atoms with E-state index in [1.165, 1.54) is 4.31 Å². The molecule has 0 radical (unpaired) electrons. The van der Waals surface area contributed by atoms with E-state index in [1.807, 2.05) is 26.0 Å². The van der Waals surface area contributed by atoms with Crippen LogP contribution in [0, 0.1) is 12.8 Å². The number of piperidine rings is 1. The minimum absolute atomic E-state index is 0.0866. The van der Waals surface area contributed by atoms with Crippen LogP contribution in [0.1, 0.15) is 25.3 Å². The van der Waals surface area contributed by atoms with Crippen LogP contribution < -0.4 is 14.8 Å². The summed E-state index contributed by atoms with van der Waals surface area (Å²) in [6, 6.07) is 12.1. The lowest BCUT2D eigenvalue weighted by Crippen LogP contribution is -2.41. The molecule has 30 heavy (non-hydrogen) atoms. The fraction of sp³-hybridized carbons (Fsp3) is 0.409. The van der Waals surface area contributed by atoms with Crippen molar-refractivity contribution in [2.24, 2.45) is 5.92 Å². The number of amides is 1. The second-order valence-corrected chi connectivity index (χ2v) is 9.19. The van der Waals surface area contributed by atoms with E-state index in [-0.39, 0.29) is 16.7 Å². The molecule has 0 saturated carbocycles. The van der Waals surface area contributed by atoms with Gasteiger partial charge in [0, 0.05) is 24.7 Å². The number of carbonyl (C=O) groups excluding carboxylic acids is 1. The minimum atomic E-state index is -3.60. The third kappa shape index (κ3) is 4.94. The molecule has 1 heterocycles. The summed E-state index contributed by atoms with van der Waals surface area (Å²) in [5, 5.41) is 2.91. The van der Waals surface area contributed by atoms with Gasteiger partial charge in [-0.3, -0.25) is 4.79 Å². The van der Waals surface area contributed by atoms with Gasteiger partial charge in [0.1, 0.15) is 11.5 Å². The highest BCUT2D eigenvalue weighted by atomic mass is 32.2. The standard InChI is InChI=1S/C22H28N2O5S/c1-4-29-19-7-5-18(6-8-19)23-22(25)17-11-13-24(14-12-17)30(26,27)20-9-10-21(28-3)16(2)15-20/h5-10,15,17H,4,11-14H2,1-3H3,(H,23,25). The zero-order valence-corrected chi connectivity index (χ0v) is 18.4. The molecule has 1 fully saturated rings. The number of hydrogen-bond acceptors (Lipinski definition) is 5. The summed E-state index contributed by atoms with van der Waals surface area (Å²) >= 11 is 0. The molecule has 2 aromatic rings. The molecular formula is C22H28N2O5S. The molecule has 1 aliphatic heterocycles. The summed E-state index contributed by atoms with van der Waals surface area (Å²) in [6.45, 7) is 4.94. The van der Waals surface area contributed by atoms with E-state index in [9.17, 15) is 13.2 Å². The number of carbonyl (C=O) groups is 1. The Morgan fingerprint density at radius 1 is 1.13 bits per heavy atom. The molecule has 0 aromatic heterocycles. The topological polar surface area (TPSA) is 84.9 Å². The Morgan fingerprint density at radius 2 is 1.80 bits per heavy atom. The number of benzene rings is 2. The summed E-state index contributed by atoms with van der Waals surface area (Å²) in [4.78, 5) is 12.8. The van der Waals surface area contributed by atoms with E-state index in [1.54, 1.807) is 37.4 Å². The summed E-state index contributed by atoms with van der Waals surface area (Å²) in [5.41, 5.74) is 1.47. The maximum absolute atomic E-state index is 13.0. The number of nitrogens with one attached hydrogen (secondary N) is 1. The van der Waals surface area contributed by atoms with E-state index >= 15 is 0 Å². The Kier molecular flexibility index (Phi) is 6.99. The van der Waals surface area contributed by atoms with Gasteiger partial charge in [0.15, 0.2) is 0 Å². The van der Waals surface area contributed by atoms with Gasteiger partial charge in [-0.15, -0.1) is 0 Å². The van der Waals surface area contributed by atoms with Gasteiger partial charge in [-0.25, -0.2) is 8.42 Å². The molecule has 0 aliphatic carbocycles. The fourth-order valence-corrected chi connectivity index (χ4v) is 5.12. The van der Waals surface area contributed by atoms with Crippen LogP contribution in [0.2, 0.25) is 0 Å². The molecule has 7 nitrogen and oxygen atoms in total. The van der Waals surface area contributed by atoms with E-state index in [4.69, 9.17) is 9.47 Å². The van der Waals surface area contributed by atoms with Crippen molar-refractivity contribution >= 4 is 21.6 Å². The first-order valence-corrected chi connectivity index (χ1v) is 11.5. The lowest BCUT2D eigenvalue weighted by atomic mass is 9.97. The highest BCUT2D eigenvalue weighted by Gasteiger charge is 2.32. The number of rotatable bonds is 7. The molecule has 0 spiro atoms. The van der Waals surface area contributed by atoms with Gasteiger partial charge in [-0.05, 0) is 74.7 Å². The van der Waals surface area contributed by atoms with Crippen molar-refractivity contribution in [2.45, 2.75) is 31.6 Å². The maximum atomic E-state index is 13.0. The van der Waals surface area contributed by atoms with Crippen molar-refractivity contribution in [1.82, 2.24) is 4.31 Å². The number of methoxy groups -OCH3 is 1. The molecule has 2 aromatic carbocycles. The molecule has 1 N–H and O–H groups in total. The van der Waals surface area contributed by atoms with Crippen LogP contribution >= 0.6 is 0 Å². The Labute approximate surface area is 178 Å². The SMILES string of the molecule is CCOc1ccc(NC(=O)C2CCN(S(=O)(=O)c3ccc(OC)c(C)c3)CC2)cc1. The van der Waals surface area contributed by atoms with E-state index in [0.717, 1.165) is 11.3 Å². The Balaban J connectivity index is 1.59. The van der Waals surface area contributed by atoms with Crippen LogP contribution in [0.4, 0.5) is 5.69 Å². The zero-order chi connectivity index (χ0) is 21.7. The van der Waals surface area contributed by atoms with Crippen molar-refractivity contribution < 1.29 is 22.7 Å². The summed E-state index contributed by atoms with van der Waals surface area (Å²) in [6.07, 6.45) is 0.967. The summed E-state index contributed by atoms with van der Waals surface area (Å²) in [7, 11) is -2.04. The number of ether oxygens (including phenoxy) is 2. The molecule has 1 saturated heterocycles. The first-order valence-electron chi connectivity index (χ1n) is 10.0. The van der Waals surface area contributed by atoms with Gasteiger partial charge < -0.3 is 14.8 Å². The smallest absolute Gasteiger partial charge is 0.243 e. The number of anilines is 1. The molecular weight excluding hydrogens is 404 g/mol. The first-order chi connectivity index (χ1) is 14.3. The minimum Gasteiger partial charge on any atom is -0.496 e. The van der Waals surface area contributed by atoms with E-state index in [2.05, 4.69) is 5.32 Å². The van der Waals surface area contributed by atoms with Crippen molar-refractivity contribution in [2.75, 3.05) is 32.1 Å². The van der Waals surface area contributed by atoms with Gasteiger partial charge >= 0.3 is 0 Å². The monoisotopic (exact) mass is 432 g/mol. The largest absolute Gasteiger partial charge is 0.496 e. The van der Waals surface area contributed by atoms with Gasteiger partial charge in [0.25, 0.3) is 0 Å². The predicted molar refractivity (Wildman–Crippen MR) is 115 cm³/mol. The zero-order valence-electron chi connectivity index (χ0n) is 17.6. The lowest BCUT2D eigenvalue weighted by Gasteiger charge is -2.30.